The zero-order chi connectivity index (χ0) is 19.3. The summed E-state index contributed by atoms with van der Waals surface area (Å²) in [5.74, 6) is 1.83. The van der Waals surface area contributed by atoms with Crippen LogP contribution in [-0.4, -0.2) is 50.9 Å². The summed E-state index contributed by atoms with van der Waals surface area (Å²) in [5, 5.41) is 11.3. The molecule has 0 bridgehead atoms. The van der Waals surface area contributed by atoms with Gasteiger partial charge in [0.1, 0.15) is 18.0 Å². The molecule has 1 saturated heterocycles. The zero-order valence-electron chi connectivity index (χ0n) is 16.3. The molecule has 8 nitrogen and oxygen atoms in total. The monoisotopic (exact) mass is 378 g/mol. The van der Waals surface area contributed by atoms with Crippen molar-refractivity contribution >= 4 is 11.6 Å². The Kier molecular flexibility index (Phi) is 5.48. The van der Waals surface area contributed by atoms with Gasteiger partial charge in [0, 0.05) is 75.6 Å². The van der Waals surface area contributed by atoms with Crippen molar-refractivity contribution in [2.75, 3.05) is 30.4 Å². The van der Waals surface area contributed by atoms with Crippen LogP contribution in [0.15, 0.2) is 43.1 Å². The number of anilines is 2. The lowest BCUT2D eigenvalue weighted by Gasteiger charge is -2.26. The Labute approximate surface area is 165 Å². The van der Waals surface area contributed by atoms with E-state index in [0.717, 1.165) is 48.9 Å². The van der Waals surface area contributed by atoms with Crippen molar-refractivity contribution < 1.29 is 0 Å². The lowest BCUT2D eigenvalue weighted by Crippen LogP contribution is -2.38. The van der Waals surface area contributed by atoms with Crippen molar-refractivity contribution in [3.63, 3.8) is 0 Å². The number of nitrogens with one attached hydrogen (secondary N) is 2. The van der Waals surface area contributed by atoms with Gasteiger partial charge in [-0.2, -0.15) is 5.10 Å². The number of hydrogen-bond acceptors (Lipinski definition) is 7. The maximum Gasteiger partial charge on any atom is 0.134 e. The van der Waals surface area contributed by atoms with E-state index >= 15 is 0 Å². The molecule has 0 saturated carbocycles. The minimum Gasteiger partial charge on any atom is -0.373 e. The quantitative estimate of drug-likeness (QED) is 0.651. The number of rotatable bonds is 7. The fraction of sp³-hybridized carbons (Fsp3) is 0.400. The first-order chi connectivity index (χ1) is 13.7. The Morgan fingerprint density at radius 3 is 3.04 bits per heavy atom. The molecule has 0 spiro atoms. The van der Waals surface area contributed by atoms with E-state index in [1.54, 1.807) is 12.5 Å². The van der Waals surface area contributed by atoms with E-state index in [4.69, 9.17) is 0 Å². The molecule has 1 atom stereocenters. The summed E-state index contributed by atoms with van der Waals surface area (Å²) in [6.45, 7) is 2.70. The largest absolute Gasteiger partial charge is 0.373 e. The molecule has 1 fully saturated rings. The highest BCUT2D eigenvalue weighted by atomic mass is 15.3. The molecule has 1 aliphatic heterocycles. The highest BCUT2D eigenvalue weighted by molar-refractivity contribution is 5.61. The highest BCUT2D eigenvalue weighted by Crippen LogP contribution is 2.25. The lowest BCUT2D eigenvalue weighted by atomic mass is 10.1. The van der Waals surface area contributed by atoms with Crippen molar-refractivity contribution in [3.8, 4) is 11.3 Å². The van der Waals surface area contributed by atoms with Gasteiger partial charge in [0.2, 0.25) is 0 Å². The molecular weight excluding hydrogens is 352 g/mol. The normalized spacial score (nSPS) is 16.5. The molecule has 28 heavy (non-hydrogen) atoms. The van der Waals surface area contributed by atoms with Gasteiger partial charge in [-0.15, -0.1) is 0 Å². The van der Waals surface area contributed by atoms with E-state index in [1.165, 1.54) is 12.0 Å². The second kappa shape index (κ2) is 8.35. The van der Waals surface area contributed by atoms with E-state index in [9.17, 15) is 0 Å². The number of pyridine rings is 1. The molecule has 3 aromatic heterocycles. The van der Waals surface area contributed by atoms with E-state index < -0.39 is 0 Å². The Morgan fingerprint density at radius 2 is 2.21 bits per heavy atom. The predicted octanol–water partition coefficient (Wildman–Crippen LogP) is 2.07. The van der Waals surface area contributed by atoms with E-state index in [2.05, 4.69) is 41.8 Å². The molecule has 8 heteroatoms. The third-order valence-electron chi connectivity index (χ3n) is 5.12. The van der Waals surface area contributed by atoms with Gasteiger partial charge in [-0.1, -0.05) is 0 Å². The van der Waals surface area contributed by atoms with Crippen LogP contribution < -0.4 is 15.5 Å². The molecule has 3 aromatic rings. The molecule has 0 aromatic carbocycles. The average Bonchev–Trinajstić information content (AvgIpc) is 3.35. The standard InChI is InChI=1S/C20H26N8/c1-21-18-9-19(25-14-24-18)28-8-4-6-17(28)12-23-11-16-13-27(2)26-20(16)15-5-3-7-22-10-15/h3,5,7,9-10,13-14,17,23H,4,6,8,11-12H2,1-2H3,(H,21,24,25)/t17-/m0/s1. The van der Waals surface area contributed by atoms with Crippen LogP contribution in [0.2, 0.25) is 0 Å². The molecule has 2 N–H and O–H groups in total. The molecule has 0 aliphatic carbocycles. The van der Waals surface area contributed by atoms with Gasteiger partial charge < -0.3 is 15.5 Å². The molecule has 1 aliphatic rings. The summed E-state index contributed by atoms with van der Waals surface area (Å²) >= 11 is 0. The summed E-state index contributed by atoms with van der Waals surface area (Å²) in [5.41, 5.74) is 3.21. The summed E-state index contributed by atoms with van der Waals surface area (Å²) in [7, 11) is 3.83. The number of hydrogen-bond donors (Lipinski definition) is 2. The SMILES string of the molecule is CNc1cc(N2CCC[C@H]2CNCc2cn(C)nc2-c2cccnc2)ncn1. The number of aryl methyl sites for hydroxylation is 1. The van der Waals surface area contributed by atoms with Gasteiger partial charge >= 0.3 is 0 Å². The minimum absolute atomic E-state index is 0.429. The van der Waals surface area contributed by atoms with Gasteiger partial charge in [-0.05, 0) is 25.0 Å². The first kappa shape index (κ1) is 18.4. The Balaban J connectivity index is 1.41. The fourth-order valence-electron chi connectivity index (χ4n) is 3.78. The van der Waals surface area contributed by atoms with E-state index in [-0.39, 0.29) is 0 Å². The average molecular weight is 378 g/mol. The molecule has 0 amide bonds. The molecular formula is C20H26N8. The molecule has 4 heterocycles. The molecule has 4 rings (SSSR count). The van der Waals surface area contributed by atoms with Crippen LogP contribution in [0, 0.1) is 0 Å². The number of nitrogens with zero attached hydrogens (tertiary/aromatic N) is 6. The van der Waals surface area contributed by atoms with Gasteiger partial charge in [0.25, 0.3) is 0 Å². The molecule has 0 radical (unpaired) electrons. The minimum atomic E-state index is 0.429. The third kappa shape index (κ3) is 3.96. The van der Waals surface area contributed by atoms with Gasteiger partial charge in [-0.25, -0.2) is 9.97 Å². The van der Waals surface area contributed by atoms with Crippen LogP contribution in [0.1, 0.15) is 18.4 Å². The van der Waals surface area contributed by atoms with Crippen LogP contribution in [0.5, 0.6) is 0 Å². The summed E-state index contributed by atoms with van der Waals surface area (Å²) in [6, 6.07) is 6.43. The Bertz CT molecular complexity index is 908. The Morgan fingerprint density at radius 1 is 1.29 bits per heavy atom. The summed E-state index contributed by atoms with van der Waals surface area (Å²) < 4.78 is 1.86. The smallest absolute Gasteiger partial charge is 0.134 e. The zero-order valence-corrected chi connectivity index (χ0v) is 16.3. The van der Waals surface area contributed by atoms with Crippen molar-refractivity contribution in [1.29, 1.82) is 0 Å². The number of aromatic nitrogens is 5. The van der Waals surface area contributed by atoms with Crippen molar-refractivity contribution in [2.45, 2.75) is 25.4 Å². The van der Waals surface area contributed by atoms with E-state index in [1.807, 2.05) is 43.2 Å². The van der Waals surface area contributed by atoms with Crippen LogP contribution in [0.25, 0.3) is 11.3 Å². The van der Waals surface area contributed by atoms with Crippen LogP contribution in [0.4, 0.5) is 11.6 Å². The van der Waals surface area contributed by atoms with E-state index in [0.29, 0.717) is 6.04 Å². The second-order valence-electron chi connectivity index (χ2n) is 7.05. The maximum absolute atomic E-state index is 4.62. The fourth-order valence-corrected chi connectivity index (χ4v) is 3.78. The Hall–Kier alpha value is -3.00. The highest BCUT2D eigenvalue weighted by Gasteiger charge is 2.25. The molecule has 0 unspecified atom stereocenters. The maximum atomic E-state index is 4.62. The molecule has 146 valence electrons. The summed E-state index contributed by atoms with van der Waals surface area (Å²) in [4.78, 5) is 15.3. The van der Waals surface area contributed by atoms with Crippen LogP contribution in [0.3, 0.4) is 0 Å². The third-order valence-corrected chi connectivity index (χ3v) is 5.12. The lowest BCUT2D eigenvalue weighted by molar-refractivity contribution is 0.571. The first-order valence-electron chi connectivity index (χ1n) is 9.64. The predicted molar refractivity (Wildman–Crippen MR) is 110 cm³/mol. The van der Waals surface area contributed by atoms with Gasteiger partial charge in [-0.3, -0.25) is 9.67 Å². The summed E-state index contributed by atoms with van der Waals surface area (Å²) in [6.07, 6.45) is 9.68. The second-order valence-corrected chi connectivity index (χ2v) is 7.05. The topological polar surface area (TPSA) is 83.8 Å². The first-order valence-corrected chi connectivity index (χ1v) is 9.64. The van der Waals surface area contributed by atoms with Gasteiger partial charge in [0.15, 0.2) is 0 Å². The van der Waals surface area contributed by atoms with Crippen molar-refractivity contribution in [1.82, 2.24) is 30.0 Å². The van der Waals surface area contributed by atoms with Gasteiger partial charge in [0.05, 0.1) is 5.69 Å². The van der Waals surface area contributed by atoms with Crippen molar-refractivity contribution in [3.05, 3.63) is 48.7 Å². The van der Waals surface area contributed by atoms with Crippen molar-refractivity contribution in [2.24, 2.45) is 7.05 Å². The van der Waals surface area contributed by atoms with Crippen LogP contribution in [-0.2, 0) is 13.6 Å². The van der Waals surface area contributed by atoms with Crippen LogP contribution >= 0.6 is 0 Å².